The van der Waals surface area contributed by atoms with Gasteiger partial charge in [0.15, 0.2) is 0 Å². The molecule has 1 fully saturated rings. The first-order valence-corrected chi connectivity index (χ1v) is 6.29. The molecule has 1 aliphatic carbocycles. The highest BCUT2D eigenvalue weighted by molar-refractivity contribution is 6.42. The molecule has 1 unspecified atom stereocenters. The van der Waals surface area contributed by atoms with Gasteiger partial charge in [-0.1, -0.05) is 55.5 Å². The summed E-state index contributed by atoms with van der Waals surface area (Å²) in [5.41, 5.74) is 1.34. The second kappa shape index (κ2) is 4.03. The zero-order valence-electron chi connectivity index (χ0n) is 9.19. The molecule has 0 aromatic heterocycles. The van der Waals surface area contributed by atoms with Gasteiger partial charge in [-0.2, -0.15) is 0 Å². The van der Waals surface area contributed by atoms with Gasteiger partial charge in [0.1, 0.15) is 7.85 Å². The van der Waals surface area contributed by atoms with E-state index in [1.54, 1.807) is 0 Å². The van der Waals surface area contributed by atoms with Crippen molar-refractivity contribution in [2.75, 3.05) is 0 Å². The van der Waals surface area contributed by atoms with Crippen LogP contribution in [0.25, 0.3) is 0 Å². The lowest BCUT2D eigenvalue weighted by atomic mass is 9.59. The van der Waals surface area contributed by atoms with Crippen molar-refractivity contribution in [3.63, 3.8) is 0 Å². The summed E-state index contributed by atoms with van der Waals surface area (Å²) in [6.07, 6.45) is 3.87. The Labute approximate surface area is 102 Å². The third kappa shape index (κ3) is 2.05. The van der Waals surface area contributed by atoms with Gasteiger partial charge in [-0.25, -0.2) is 0 Å². The highest BCUT2D eigenvalue weighted by Gasteiger charge is 2.41. The van der Waals surface area contributed by atoms with Crippen molar-refractivity contribution in [1.29, 1.82) is 0 Å². The predicted molar refractivity (Wildman–Crippen MR) is 69.7 cm³/mol. The second-order valence-corrected chi connectivity index (χ2v) is 5.49. The van der Waals surface area contributed by atoms with Crippen molar-refractivity contribution in [3.8, 4) is 0 Å². The molecule has 80 valence electrons. The summed E-state index contributed by atoms with van der Waals surface area (Å²) in [7, 11) is 2.34. The first kappa shape index (κ1) is 11.4. The highest BCUT2D eigenvalue weighted by atomic mass is 35.5. The Morgan fingerprint density at radius 2 is 2.00 bits per heavy atom. The van der Waals surface area contributed by atoms with Gasteiger partial charge >= 0.3 is 0 Å². The van der Waals surface area contributed by atoms with Crippen LogP contribution in [0.3, 0.4) is 0 Å². The SMILES string of the molecule is BC(CC)(c1ccc(Cl)c(Cl)c1)C1CC1. The Morgan fingerprint density at radius 1 is 1.33 bits per heavy atom. The van der Waals surface area contributed by atoms with Crippen molar-refractivity contribution >= 4 is 31.0 Å². The zero-order chi connectivity index (χ0) is 11.1. The van der Waals surface area contributed by atoms with E-state index in [1.807, 2.05) is 12.1 Å². The molecule has 0 aliphatic heterocycles. The minimum absolute atomic E-state index is 0.286. The minimum atomic E-state index is 0.286. The molecule has 0 spiro atoms. The molecule has 1 aliphatic rings. The lowest BCUT2D eigenvalue weighted by Crippen LogP contribution is -2.28. The van der Waals surface area contributed by atoms with Gasteiger partial charge in [0.05, 0.1) is 10.0 Å². The molecule has 3 heteroatoms. The molecule has 0 N–H and O–H groups in total. The van der Waals surface area contributed by atoms with Gasteiger partial charge in [0.2, 0.25) is 0 Å². The van der Waals surface area contributed by atoms with Crippen molar-refractivity contribution in [1.82, 2.24) is 0 Å². The molecule has 0 heterocycles. The topological polar surface area (TPSA) is 0 Å². The predicted octanol–water partition coefficient (Wildman–Crippen LogP) is 3.64. The van der Waals surface area contributed by atoms with Crippen LogP contribution in [-0.4, -0.2) is 7.85 Å². The van der Waals surface area contributed by atoms with Gasteiger partial charge in [0, 0.05) is 0 Å². The fraction of sp³-hybridized carbons (Fsp3) is 0.500. The smallest absolute Gasteiger partial charge is 0.0827 e. The number of rotatable bonds is 3. The van der Waals surface area contributed by atoms with E-state index in [0.29, 0.717) is 10.0 Å². The van der Waals surface area contributed by atoms with E-state index in [0.717, 1.165) is 12.3 Å². The van der Waals surface area contributed by atoms with Crippen molar-refractivity contribution < 1.29 is 0 Å². The number of halogens is 2. The Bertz CT molecular complexity index is 374. The molecule has 1 aromatic rings. The summed E-state index contributed by atoms with van der Waals surface area (Å²) in [4.78, 5) is 0. The summed E-state index contributed by atoms with van der Waals surface area (Å²) in [6.45, 7) is 2.25. The summed E-state index contributed by atoms with van der Waals surface area (Å²) in [5.74, 6) is 0.833. The Balaban J connectivity index is 2.38. The Hall–Kier alpha value is -0.135. The van der Waals surface area contributed by atoms with Crippen LogP contribution in [0.15, 0.2) is 18.2 Å². The maximum absolute atomic E-state index is 6.07. The first-order chi connectivity index (χ1) is 7.08. The standard InChI is InChI=1S/C12H15BCl2/c1-2-12(13,8-3-4-8)9-5-6-10(14)11(15)7-9/h5-8H,2-4,13H2,1H3. The van der Waals surface area contributed by atoms with Gasteiger partial charge in [0.25, 0.3) is 0 Å². The van der Waals surface area contributed by atoms with Gasteiger partial charge in [-0.15, -0.1) is 0 Å². The van der Waals surface area contributed by atoms with Crippen molar-refractivity contribution in [2.45, 2.75) is 31.5 Å². The molecular weight excluding hydrogens is 226 g/mol. The molecule has 1 saturated carbocycles. The van der Waals surface area contributed by atoms with Crippen molar-refractivity contribution in [2.24, 2.45) is 5.92 Å². The monoisotopic (exact) mass is 240 g/mol. The summed E-state index contributed by atoms with van der Waals surface area (Å²) in [6, 6.07) is 6.07. The maximum Gasteiger partial charge on any atom is 0.115 e. The average molecular weight is 241 g/mol. The third-order valence-corrected chi connectivity index (χ3v) is 4.53. The van der Waals surface area contributed by atoms with E-state index in [1.165, 1.54) is 18.4 Å². The summed E-state index contributed by atoms with van der Waals surface area (Å²) >= 11 is 12.0. The molecule has 0 radical (unpaired) electrons. The average Bonchev–Trinajstić information content (AvgIpc) is 3.04. The molecule has 1 aromatic carbocycles. The number of hydrogen-bond donors (Lipinski definition) is 0. The van der Waals surface area contributed by atoms with Gasteiger partial charge in [-0.3, -0.25) is 0 Å². The lowest BCUT2D eigenvalue weighted by molar-refractivity contribution is 0.513. The van der Waals surface area contributed by atoms with Crippen LogP contribution in [0.4, 0.5) is 0 Å². The maximum atomic E-state index is 6.07. The van der Waals surface area contributed by atoms with Crippen LogP contribution in [0.2, 0.25) is 10.0 Å². The fourth-order valence-electron chi connectivity index (χ4n) is 2.30. The van der Waals surface area contributed by atoms with Crippen LogP contribution < -0.4 is 0 Å². The molecule has 0 amide bonds. The van der Waals surface area contributed by atoms with Gasteiger partial charge < -0.3 is 0 Å². The van der Waals surface area contributed by atoms with E-state index in [4.69, 9.17) is 23.2 Å². The molecule has 0 saturated heterocycles. The van der Waals surface area contributed by atoms with E-state index >= 15 is 0 Å². The molecule has 1 atom stereocenters. The quantitative estimate of drug-likeness (QED) is 0.708. The molecule has 15 heavy (non-hydrogen) atoms. The van der Waals surface area contributed by atoms with E-state index in [-0.39, 0.29) is 5.31 Å². The van der Waals surface area contributed by atoms with Crippen LogP contribution in [-0.2, 0) is 5.31 Å². The van der Waals surface area contributed by atoms with Gasteiger partial charge in [-0.05, 0) is 28.9 Å². The molecule has 2 rings (SSSR count). The first-order valence-electron chi connectivity index (χ1n) is 5.53. The van der Waals surface area contributed by atoms with E-state index in [2.05, 4.69) is 20.8 Å². The molecular formula is C12H15BCl2. The lowest BCUT2D eigenvalue weighted by Gasteiger charge is -2.29. The second-order valence-electron chi connectivity index (χ2n) is 4.67. The largest absolute Gasteiger partial charge is 0.115 e. The number of benzene rings is 1. The normalized spacial score (nSPS) is 19.9. The van der Waals surface area contributed by atoms with Crippen LogP contribution in [0, 0.1) is 5.92 Å². The zero-order valence-corrected chi connectivity index (χ0v) is 10.7. The van der Waals surface area contributed by atoms with Crippen molar-refractivity contribution in [3.05, 3.63) is 33.8 Å². The summed E-state index contributed by atoms with van der Waals surface area (Å²) in [5, 5.41) is 1.61. The van der Waals surface area contributed by atoms with Crippen LogP contribution >= 0.6 is 23.2 Å². The molecule has 0 bridgehead atoms. The number of hydrogen-bond acceptors (Lipinski definition) is 0. The fourth-order valence-corrected chi connectivity index (χ4v) is 2.60. The van der Waals surface area contributed by atoms with E-state index < -0.39 is 0 Å². The summed E-state index contributed by atoms with van der Waals surface area (Å²) < 4.78 is 0. The molecule has 0 nitrogen and oxygen atoms in total. The minimum Gasteiger partial charge on any atom is -0.0827 e. The van der Waals surface area contributed by atoms with Crippen LogP contribution in [0.1, 0.15) is 31.7 Å². The third-order valence-electron chi connectivity index (χ3n) is 3.79. The Kier molecular flexibility index (Phi) is 3.05. The highest BCUT2D eigenvalue weighted by Crippen LogP contribution is 2.48. The Morgan fingerprint density at radius 3 is 2.47 bits per heavy atom. The van der Waals surface area contributed by atoms with E-state index in [9.17, 15) is 0 Å². The van der Waals surface area contributed by atoms with Crippen LogP contribution in [0.5, 0.6) is 0 Å².